The first-order chi connectivity index (χ1) is 11.1. The van der Waals surface area contributed by atoms with Gasteiger partial charge >= 0.3 is 0 Å². The molecule has 23 heavy (non-hydrogen) atoms. The van der Waals surface area contributed by atoms with Crippen molar-refractivity contribution in [3.05, 3.63) is 71.8 Å². The van der Waals surface area contributed by atoms with Gasteiger partial charge in [0.15, 0.2) is 0 Å². The van der Waals surface area contributed by atoms with E-state index in [4.69, 9.17) is 0 Å². The topological polar surface area (TPSA) is 0 Å². The second kappa shape index (κ2) is 7.81. The molecule has 2 aromatic rings. The molecule has 0 saturated carbocycles. The van der Waals surface area contributed by atoms with Crippen molar-refractivity contribution >= 4 is 0 Å². The molecule has 0 aliphatic carbocycles. The highest BCUT2D eigenvalue weighted by molar-refractivity contribution is 5.38. The van der Waals surface area contributed by atoms with E-state index in [-0.39, 0.29) is 10.8 Å². The summed E-state index contributed by atoms with van der Waals surface area (Å²) >= 11 is 0. The highest BCUT2D eigenvalue weighted by Crippen LogP contribution is 2.52. The second-order valence-corrected chi connectivity index (χ2v) is 7.00. The predicted octanol–water partition coefficient (Wildman–Crippen LogP) is 6.89. The summed E-state index contributed by atoms with van der Waals surface area (Å²) in [4.78, 5) is 0. The van der Waals surface area contributed by atoms with Crippen LogP contribution in [-0.2, 0) is 10.8 Å². The quantitative estimate of drug-likeness (QED) is 0.498. The Kier molecular flexibility index (Phi) is 6.04. The monoisotopic (exact) mass is 308 g/mol. The maximum absolute atomic E-state index is 2.50. The molecule has 2 unspecified atom stereocenters. The molecule has 2 atom stereocenters. The molecule has 0 heterocycles. The number of rotatable bonds is 8. The third kappa shape index (κ3) is 3.22. The Morgan fingerprint density at radius 1 is 0.652 bits per heavy atom. The number of hydrogen-bond acceptors (Lipinski definition) is 0. The van der Waals surface area contributed by atoms with Gasteiger partial charge < -0.3 is 0 Å². The van der Waals surface area contributed by atoms with Crippen LogP contribution in [-0.4, -0.2) is 0 Å². The summed E-state index contributed by atoms with van der Waals surface area (Å²) in [6, 6.07) is 22.4. The zero-order chi connectivity index (χ0) is 16.8. The minimum Gasteiger partial charge on any atom is -0.0654 e. The van der Waals surface area contributed by atoms with Crippen molar-refractivity contribution in [2.75, 3.05) is 0 Å². The summed E-state index contributed by atoms with van der Waals surface area (Å²) < 4.78 is 0. The molecule has 0 heteroatoms. The van der Waals surface area contributed by atoms with E-state index in [0.29, 0.717) is 0 Å². The molecule has 0 amide bonds. The fraction of sp³-hybridized carbons (Fsp3) is 0.478. The van der Waals surface area contributed by atoms with E-state index >= 15 is 0 Å². The van der Waals surface area contributed by atoms with Crippen molar-refractivity contribution in [1.82, 2.24) is 0 Å². The van der Waals surface area contributed by atoms with Gasteiger partial charge in [0.1, 0.15) is 0 Å². The zero-order valence-corrected chi connectivity index (χ0v) is 15.3. The maximum atomic E-state index is 2.50. The average molecular weight is 309 g/mol. The predicted molar refractivity (Wildman–Crippen MR) is 102 cm³/mol. The Bertz CT molecular complexity index is 572. The van der Waals surface area contributed by atoms with Crippen molar-refractivity contribution in [3.8, 4) is 0 Å². The van der Waals surface area contributed by atoms with Crippen LogP contribution in [0.15, 0.2) is 60.7 Å². The van der Waals surface area contributed by atoms with Crippen LogP contribution in [0.2, 0.25) is 0 Å². The summed E-state index contributed by atoms with van der Waals surface area (Å²) in [7, 11) is 0. The lowest BCUT2D eigenvalue weighted by Crippen LogP contribution is -2.47. The van der Waals surface area contributed by atoms with Crippen molar-refractivity contribution in [2.24, 2.45) is 0 Å². The summed E-state index contributed by atoms with van der Waals surface area (Å²) in [5.74, 6) is 0. The van der Waals surface area contributed by atoms with Crippen molar-refractivity contribution in [3.63, 3.8) is 0 Å². The molecular weight excluding hydrogens is 276 g/mol. The largest absolute Gasteiger partial charge is 0.0654 e. The molecule has 2 aromatic carbocycles. The van der Waals surface area contributed by atoms with Crippen LogP contribution < -0.4 is 0 Å². The fourth-order valence-corrected chi connectivity index (χ4v) is 4.66. The fourth-order valence-electron chi connectivity index (χ4n) is 4.66. The molecule has 0 fully saturated rings. The van der Waals surface area contributed by atoms with Crippen LogP contribution in [0.3, 0.4) is 0 Å². The van der Waals surface area contributed by atoms with Crippen molar-refractivity contribution in [1.29, 1.82) is 0 Å². The Labute approximate surface area is 143 Å². The van der Waals surface area contributed by atoms with Gasteiger partial charge in [0, 0.05) is 10.8 Å². The first kappa shape index (κ1) is 17.8. The average Bonchev–Trinajstić information content (AvgIpc) is 2.61. The smallest absolute Gasteiger partial charge is 0.00444 e. The van der Waals surface area contributed by atoms with Crippen LogP contribution in [0.25, 0.3) is 0 Å². The third-order valence-electron chi connectivity index (χ3n) is 5.82. The lowest BCUT2D eigenvalue weighted by molar-refractivity contribution is 0.187. The van der Waals surface area contributed by atoms with Crippen molar-refractivity contribution in [2.45, 2.75) is 70.6 Å². The Balaban J connectivity index is 2.67. The van der Waals surface area contributed by atoms with Gasteiger partial charge in [-0.2, -0.15) is 0 Å². The van der Waals surface area contributed by atoms with Crippen LogP contribution >= 0.6 is 0 Å². The molecule has 0 spiro atoms. The molecule has 0 bridgehead atoms. The van der Waals surface area contributed by atoms with Gasteiger partial charge in [-0.1, -0.05) is 101 Å². The van der Waals surface area contributed by atoms with Gasteiger partial charge in [0.05, 0.1) is 0 Å². The van der Waals surface area contributed by atoms with Gasteiger partial charge in [-0.05, 0) is 30.4 Å². The SMILES string of the molecule is CCCC(C)(c1ccccc1)C(CC)(CCC)c1ccccc1. The normalized spacial score (nSPS) is 16.5. The first-order valence-electron chi connectivity index (χ1n) is 9.25. The Hall–Kier alpha value is -1.56. The van der Waals surface area contributed by atoms with E-state index in [9.17, 15) is 0 Å². The Morgan fingerprint density at radius 2 is 1.13 bits per heavy atom. The lowest BCUT2D eigenvalue weighted by Gasteiger charge is -2.50. The summed E-state index contributed by atoms with van der Waals surface area (Å²) in [5, 5.41) is 0. The van der Waals surface area contributed by atoms with E-state index in [1.165, 1.54) is 43.2 Å². The summed E-state index contributed by atoms with van der Waals surface area (Å²) in [5.41, 5.74) is 3.35. The summed E-state index contributed by atoms with van der Waals surface area (Å²) in [6.07, 6.45) is 6.06. The van der Waals surface area contributed by atoms with Gasteiger partial charge in [0.25, 0.3) is 0 Å². The highest BCUT2D eigenvalue weighted by Gasteiger charge is 2.47. The van der Waals surface area contributed by atoms with E-state index < -0.39 is 0 Å². The maximum Gasteiger partial charge on any atom is 0.00444 e. The zero-order valence-electron chi connectivity index (χ0n) is 15.3. The van der Waals surface area contributed by atoms with Crippen LogP contribution in [0.1, 0.15) is 70.9 Å². The first-order valence-corrected chi connectivity index (χ1v) is 9.25. The van der Waals surface area contributed by atoms with Gasteiger partial charge in [0.2, 0.25) is 0 Å². The standard InChI is InChI=1S/C23H32/c1-5-18-22(4,20-14-10-8-11-15-20)23(7-3,19-6-2)21-16-12-9-13-17-21/h8-17H,5-7,18-19H2,1-4H3. The molecule has 0 radical (unpaired) electrons. The molecule has 0 nitrogen and oxygen atoms in total. The second-order valence-electron chi connectivity index (χ2n) is 7.00. The molecular formula is C23H32. The van der Waals surface area contributed by atoms with E-state index in [0.717, 1.165) is 0 Å². The number of benzene rings is 2. The Morgan fingerprint density at radius 3 is 1.57 bits per heavy atom. The molecule has 0 N–H and O–H groups in total. The molecule has 124 valence electrons. The molecule has 0 saturated heterocycles. The summed E-state index contributed by atoms with van der Waals surface area (Å²) in [6.45, 7) is 9.51. The van der Waals surface area contributed by atoms with Crippen LogP contribution in [0.5, 0.6) is 0 Å². The van der Waals surface area contributed by atoms with E-state index in [1.807, 2.05) is 0 Å². The van der Waals surface area contributed by atoms with E-state index in [1.54, 1.807) is 0 Å². The molecule has 0 aliphatic rings. The minimum absolute atomic E-state index is 0.162. The molecule has 0 aliphatic heterocycles. The minimum atomic E-state index is 0.162. The van der Waals surface area contributed by atoms with Crippen LogP contribution in [0, 0.1) is 0 Å². The van der Waals surface area contributed by atoms with Crippen LogP contribution in [0.4, 0.5) is 0 Å². The number of hydrogen-bond donors (Lipinski definition) is 0. The van der Waals surface area contributed by atoms with Gasteiger partial charge in [-0.25, -0.2) is 0 Å². The van der Waals surface area contributed by atoms with Gasteiger partial charge in [-0.3, -0.25) is 0 Å². The highest BCUT2D eigenvalue weighted by atomic mass is 14.5. The van der Waals surface area contributed by atoms with E-state index in [2.05, 4.69) is 88.4 Å². The third-order valence-corrected chi connectivity index (χ3v) is 5.82. The van der Waals surface area contributed by atoms with Crippen molar-refractivity contribution < 1.29 is 0 Å². The molecule has 0 aromatic heterocycles. The van der Waals surface area contributed by atoms with Gasteiger partial charge in [-0.15, -0.1) is 0 Å². The lowest BCUT2D eigenvalue weighted by atomic mass is 9.53. The molecule has 2 rings (SSSR count).